The third-order valence-corrected chi connectivity index (χ3v) is 10.9. The maximum Gasteiger partial charge on any atom is 0.0794 e. The third kappa shape index (κ3) is 5.87. The first-order chi connectivity index (χ1) is 27.8. The molecule has 0 saturated heterocycles. The first-order valence-electron chi connectivity index (χ1n) is 19.2. The highest BCUT2D eigenvalue weighted by Gasteiger charge is 2.25. The maximum absolute atomic E-state index is 5.62. The largest absolute Gasteiger partial charge is 0.246 e. The van der Waals surface area contributed by atoms with E-state index in [1.54, 1.807) is 0 Å². The van der Waals surface area contributed by atoms with Gasteiger partial charge in [0.25, 0.3) is 0 Å². The number of hydrogen-bond acceptors (Lipinski definition) is 1. The number of benzene rings is 9. The second kappa shape index (κ2) is 14.5. The molecule has 0 radical (unpaired) electrons. The Bertz CT molecular complexity index is 2800. The van der Waals surface area contributed by atoms with Crippen LogP contribution in [0.1, 0.15) is 0 Å². The standard InChI is InChI=1S/C55H37N/c1-6-20-38(21-7-1)49-45-30-16-18-32-47(45)50(48-33-19-17-31-46(48)49)41-34-36-42(37-35-41)51-52(39-22-8-2-9-23-39)54(43-26-12-4-13-27-43)56-55(44-28-14-5-15-29-44)53(51)40-24-10-3-11-25-40/h1-37H. The van der Waals surface area contributed by atoms with E-state index >= 15 is 0 Å². The van der Waals surface area contributed by atoms with Gasteiger partial charge in [0.1, 0.15) is 0 Å². The quantitative estimate of drug-likeness (QED) is 0.150. The van der Waals surface area contributed by atoms with Crippen LogP contribution in [0.5, 0.6) is 0 Å². The fraction of sp³-hybridized carbons (Fsp3) is 0. The second-order valence-electron chi connectivity index (χ2n) is 14.2. The van der Waals surface area contributed by atoms with Crippen molar-refractivity contribution in [3.63, 3.8) is 0 Å². The molecule has 0 N–H and O–H groups in total. The molecule has 0 aliphatic rings. The predicted octanol–water partition coefficient (Wildman–Crippen LogP) is 15.1. The molecule has 9 aromatic carbocycles. The van der Waals surface area contributed by atoms with Crippen LogP contribution in [0.25, 0.3) is 99.7 Å². The van der Waals surface area contributed by atoms with Crippen LogP contribution in [0.2, 0.25) is 0 Å². The molecule has 0 spiro atoms. The summed E-state index contributed by atoms with van der Waals surface area (Å²) in [5.41, 5.74) is 15.8. The molecule has 56 heavy (non-hydrogen) atoms. The van der Waals surface area contributed by atoms with E-state index in [4.69, 9.17) is 4.98 Å². The van der Waals surface area contributed by atoms with Crippen LogP contribution in [-0.4, -0.2) is 4.98 Å². The molecule has 0 aliphatic carbocycles. The highest BCUT2D eigenvalue weighted by Crippen LogP contribution is 2.49. The summed E-state index contributed by atoms with van der Waals surface area (Å²) in [6.07, 6.45) is 0. The van der Waals surface area contributed by atoms with Gasteiger partial charge in [-0.3, -0.25) is 0 Å². The number of rotatable bonds is 7. The van der Waals surface area contributed by atoms with Crippen LogP contribution < -0.4 is 0 Å². The number of hydrogen-bond donors (Lipinski definition) is 0. The van der Waals surface area contributed by atoms with Gasteiger partial charge < -0.3 is 0 Å². The Hall–Kier alpha value is -7.35. The van der Waals surface area contributed by atoms with Gasteiger partial charge in [-0.05, 0) is 60.5 Å². The fourth-order valence-corrected chi connectivity index (χ4v) is 8.41. The van der Waals surface area contributed by atoms with Crippen LogP contribution in [0.4, 0.5) is 0 Å². The lowest BCUT2D eigenvalue weighted by Crippen LogP contribution is -2.01. The Morgan fingerprint density at radius 2 is 0.411 bits per heavy atom. The summed E-state index contributed by atoms with van der Waals surface area (Å²) in [4.78, 5) is 5.62. The van der Waals surface area contributed by atoms with E-state index in [9.17, 15) is 0 Å². The zero-order valence-corrected chi connectivity index (χ0v) is 30.8. The molecular weight excluding hydrogens is 675 g/mol. The molecule has 0 aliphatic heterocycles. The number of pyridine rings is 1. The molecule has 0 bridgehead atoms. The summed E-state index contributed by atoms with van der Waals surface area (Å²) in [6, 6.07) is 80.6. The first-order valence-corrected chi connectivity index (χ1v) is 19.2. The van der Waals surface area contributed by atoms with Gasteiger partial charge in [-0.1, -0.05) is 224 Å². The van der Waals surface area contributed by atoms with Crippen molar-refractivity contribution >= 4 is 21.5 Å². The van der Waals surface area contributed by atoms with Gasteiger partial charge in [-0.15, -0.1) is 0 Å². The topological polar surface area (TPSA) is 12.9 Å². The zero-order valence-electron chi connectivity index (χ0n) is 30.8. The second-order valence-corrected chi connectivity index (χ2v) is 14.2. The molecule has 0 saturated carbocycles. The van der Waals surface area contributed by atoms with E-state index in [0.717, 1.165) is 55.9 Å². The molecule has 0 atom stereocenters. The summed E-state index contributed by atoms with van der Waals surface area (Å²) < 4.78 is 0. The van der Waals surface area contributed by atoms with Crippen molar-refractivity contribution < 1.29 is 0 Å². The molecule has 1 heteroatoms. The molecule has 1 aromatic heterocycles. The minimum atomic E-state index is 0.961. The molecule has 10 aromatic rings. The van der Waals surface area contributed by atoms with Gasteiger partial charge >= 0.3 is 0 Å². The van der Waals surface area contributed by atoms with Crippen molar-refractivity contribution in [2.45, 2.75) is 0 Å². The van der Waals surface area contributed by atoms with Crippen molar-refractivity contribution in [2.24, 2.45) is 0 Å². The molecule has 1 heterocycles. The average molecular weight is 712 g/mol. The van der Waals surface area contributed by atoms with Crippen LogP contribution in [-0.2, 0) is 0 Å². The summed E-state index contributed by atoms with van der Waals surface area (Å²) >= 11 is 0. The highest BCUT2D eigenvalue weighted by molar-refractivity contribution is 6.21. The van der Waals surface area contributed by atoms with Crippen molar-refractivity contribution in [3.05, 3.63) is 224 Å². The first kappa shape index (κ1) is 33.2. The predicted molar refractivity (Wildman–Crippen MR) is 237 cm³/mol. The van der Waals surface area contributed by atoms with Crippen molar-refractivity contribution in [1.82, 2.24) is 4.98 Å². The van der Waals surface area contributed by atoms with Crippen LogP contribution >= 0.6 is 0 Å². The van der Waals surface area contributed by atoms with Gasteiger partial charge in [-0.2, -0.15) is 0 Å². The van der Waals surface area contributed by atoms with E-state index < -0.39 is 0 Å². The van der Waals surface area contributed by atoms with Crippen molar-refractivity contribution in [1.29, 1.82) is 0 Å². The zero-order chi connectivity index (χ0) is 37.3. The molecule has 10 rings (SSSR count). The summed E-state index contributed by atoms with van der Waals surface area (Å²) in [5.74, 6) is 0. The lowest BCUT2D eigenvalue weighted by Gasteiger charge is -2.23. The smallest absolute Gasteiger partial charge is 0.0794 e. The minimum Gasteiger partial charge on any atom is -0.246 e. The summed E-state index contributed by atoms with van der Waals surface area (Å²) in [7, 11) is 0. The Labute approximate surface area is 327 Å². The highest BCUT2D eigenvalue weighted by atomic mass is 14.7. The van der Waals surface area contributed by atoms with Gasteiger partial charge in [0.2, 0.25) is 0 Å². The van der Waals surface area contributed by atoms with Gasteiger partial charge in [0.15, 0.2) is 0 Å². The van der Waals surface area contributed by atoms with Crippen molar-refractivity contribution in [3.8, 4) is 78.1 Å². The molecule has 0 amide bonds. The van der Waals surface area contributed by atoms with E-state index in [1.165, 1.54) is 43.8 Å². The molecule has 0 fully saturated rings. The van der Waals surface area contributed by atoms with E-state index in [0.29, 0.717) is 0 Å². The minimum absolute atomic E-state index is 0.961. The van der Waals surface area contributed by atoms with Crippen LogP contribution in [0, 0.1) is 0 Å². The number of fused-ring (bicyclic) bond motifs is 2. The Balaban J connectivity index is 1.28. The summed E-state index contributed by atoms with van der Waals surface area (Å²) in [5, 5.41) is 5.00. The molecule has 1 nitrogen and oxygen atoms in total. The SMILES string of the molecule is c1ccc(-c2nc(-c3ccccc3)c(-c3ccccc3)c(-c3ccc(-c4c5ccccc5c(-c5ccccc5)c5ccccc45)cc3)c2-c2ccccc2)cc1. The molecule has 0 unspecified atom stereocenters. The third-order valence-electron chi connectivity index (χ3n) is 10.9. The van der Waals surface area contributed by atoms with E-state index in [-0.39, 0.29) is 0 Å². The van der Waals surface area contributed by atoms with Gasteiger partial charge in [-0.25, -0.2) is 4.98 Å². The van der Waals surface area contributed by atoms with E-state index in [2.05, 4.69) is 224 Å². The Morgan fingerprint density at radius 3 is 0.732 bits per heavy atom. The Morgan fingerprint density at radius 1 is 0.179 bits per heavy atom. The number of aromatic nitrogens is 1. The van der Waals surface area contributed by atoms with Crippen molar-refractivity contribution in [2.75, 3.05) is 0 Å². The monoisotopic (exact) mass is 711 g/mol. The lowest BCUT2D eigenvalue weighted by atomic mass is 9.82. The lowest BCUT2D eigenvalue weighted by molar-refractivity contribution is 1.32. The maximum atomic E-state index is 5.62. The fourth-order valence-electron chi connectivity index (χ4n) is 8.41. The van der Waals surface area contributed by atoms with Crippen LogP contribution in [0.15, 0.2) is 224 Å². The summed E-state index contributed by atoms with van der Waals surface area (Å²) in [6.45, 7) is 0. The number of nitrogens with zero attached hydrogens (tertiary/aromatic N) is 1. The van der Waals surface area contributed by atoms with E-state index in [1.807, 2.05) is 0 Å². The Kier molecular flexibility index (Phi) is 8.59. The molecular formula is C55H37N. The average Bonchev–Trinajstić information content (AvgIpc) is 3.29. The van der Waals surface area contributed by atoms with Crippen LogP contribution in [0.3, 0.4) is 0 Å². The van der Waals surface area contributed by atoms with Gasteiger partial charge in [0, 0.05) is 27.8 Å². The van der Waals surface area contributed by atoms with Gasteiger partial charge in [0.05, 0.1) is 11.4 Å². The normalized spacial score (nSPS) is 11.2. The molecule has 262 valence electrons.